The smallest absolute Gasteiger partial charge is 0.261 e. The van der Waals surface area contributed by atoms with Crippen LogP contribution in [-0.4, -0.2) is 8.42 Å². The molecular formula is C13H13FN2O2S. The van der Waals surface area contributed by atoms with Crippen molar-refractivity contribution in [1.29, 1.82) is 0 Å². The van der Waals surface area contributed by atoms with Gasteiger partial charge in [0.25, 0.3) is 10.0 Å². The van der Waals surface area contributed by atoms with Crippen molar-refractivity contribution in [2.75, 3.05) is 10.5 Å². The Bertz CT molecular complexity index is 677. The monoisotopic (exact) mass is 280 g/mol. The second-order valence-electron chi connectivity index (χ2n) is 4.19. The van der Waals surface area contributed by atoms with Crippen molar-refractivity contribution in [2.24, 2.45) is 0 Å². The van der Waals surface area contributed by atoms with E-state index in [1.165, 1.54) is 18.2 Å². The van der Waals surface area contributed by atoms with Gasteiger partial charge in [0, 0.05) is 5.69 Å². The molecule has 0 amide bonds. The molecule has 0 spiro atoms. The van der Waals surface area contributed by atoms with Gasteiger partial charge < -0.3 is 5.73 Å². The van der Waals surface area contributed by atoms with E-state index < -0.39 is 15.8 Å². The molecule has 0 bridgehead atoms. The molecule has 2 aromatic carbocycles. The zero-order valence-electron chi connectivity index (χ0n) is 10.2. The van der Waals surface area contributed by atoms with Gasteiger partial charge in [-0.25, -0.2) is 12.8 Å². The third-order valence-corrected chi connectivity index (χ3v) is 3.90. The minimum Gasteiger partial charge on any atom is -0.399 e. The van der Waals surface area contributed by atoms with Crippen LogP contribution in [-0.2, 0) is 10.0 Å². The Morgan fingerprint density at radius 2 is 1.74 bits per heavy atom. The van der Waals surface area contributed by atoms with Crippen LogP contribution >= 0.6 is 0 Å². The number of hydrogen-bond donors (Lipinski definition) is 2. The molecular weight excluding hydrogens is 267 g/mol. The summed E-state index contributed by atoms with van der Waals surface area (Å²) in [6.45, 7) is 1.86. The van der Waals surface area contributed by atoms with Crippen LogP contribution in [0.1, 0.15) is 5.56 Å². The van der Waals surface area contributed by atoms with Crippen LogP contribution in [0.2, 0.25) is 0 Å². The third-order valence-electron chi connectivity index (χ3n) is 2.50. The molecule has 0 aliphatic carbocycles. The number of nitrogen functional groups attached to an aromatic ring is 1. The maximum Gasteiger partial charge on any atom is 0.261 e. The van der Waals surface area contributed by atoms with E-state index in [-0.39, 0.29) is 16.3 Å². The molecule has 0 aliphatic rings. The number of nitrogens with two attached hydrogens (primary N) is 1. The molecule has 0 saturated carbocycles. The predicted octanol–water partition coefficient (Wildman–Crippen LogP) is 2.52. The Morgan fingerprint density at radius 1 is 1.11 bits per heavy atom. The van der Waals surface area contributed by atoms with Crippen molar-refractivity contribution in [3.63, 3.8) is 0 Å². The first-order valence-electron chi connectivity index (χ1n) is 5.52. The van der Waals surface area contributed by atoms with E-state index in [1.807, 2.05) is 6.92 Å². The van der Waals surface area contributed by atoms with Gasteiger partial charge in [-0.05, 0) is 37.3 Å². The lowest BCUT2D eigenvalue weighted by Crippen LogP contribution is -2.13. The number of aryl methyl sites for hydroxylation is 1. The SMILES string of the molecule is Cc1ccc(S(=O)(=O)Nc2cc(N)cc(F)c2)cc1. The van der Waals surface area contributed by atoms with Crippen LogP contribution in [0.25, 0.3) is 0 Å². The summed E-state index contributed by atoms with van der Waals surface area (Å²) in [5.74, 6) is -0.596. The molecule has 100 valence electrons. The molecule has 19 heavy (non-hydrogen) atoms. The minimum atomic E-state index is -3.74. The summed E-state index contributed by atoms with van der Waals surface area (Å²) in [6.07, 6.45) is 0. The number of benzene rings is 2. The van der Waals surface area contributed by atoms with Crippen LogP contribution in [0.4, 0.5) is 15.8 Å². The zero-order chi connectivity index (χ0) is 14.0. The summed E-state index contributed by atoms with van der Waals surface area (Å²) in [7, 11) is -3.74. The van der Waals surface area contributed by atoms with E-state index >= 15 is 0 Å². The van der Waals surface area contributed by atoms with Crippen LogP contribution in [0.5, 0.6) is 0 Å². The third kappa shape index (κ3) is 3.23. The number of sulfonamides is 1. The van der Waals surface area contributed by atoms with Crippen molar-refractivity contribution in [1.82, 2.24) is 0 Å². The van der Waals surface area contributed by atoms with Crippen molar-refractivity contribution < 1.29 is 12.8 Å². The standard InChI is InChI=1S/C13H13FN2O2S/c1-9-2-4-13(5-3-9)19(17,18)16-12-7-10(14)6-11(15)8-12/h2-8,16H,15H2,1H3. The Labute approximate surface area is 111 Å². The summed E-state index contributed by atoms with van der Waals surface area (Å²) >= 11 is 0. The quantitative estimate of drug-likeness (QED) is 0.848. The molecule has 0 fully saturated rings. The Balaban J connectivity index is 2.33. The highest BCUT2D eigenvalue weighted by atomic mass is 32.2. The highest BCUT2D eigenvalue weighted by Crippen LogP contribution is 2.20. The molecule has 0 saturated heterocycles. The summed E-state index contributed by atoms with van der Waals surface area (Å²) in [5.41, 5.74) is 6.66. The molecule has 2 aromatic rings. The minimum absolute atomic E-state index is 0.0954. The molecule has 0 atom stereocenters. The average Bonchev–Trinajstić information content (AvgIpc) is 2.27. The number of halogens is 1. The fraction of sp³-hybridized carbons (Fsp3) is 0.0769. The van der Waals surface area contributed by atoms with Gasteiger partial charge in [-0.2, -0.15) is 0 Å². The Kier molecular flexibility index (Phi) is 3.44. The fourth-order valence-corrected chi connectivity index (χ4v) is 2.64. The van der Waals surface area contributed by atoms with Crippen molar-refractivity contribution in [2.45, 2.75) is 11.8 Å². The lowest BCUT2D eigenvalue weighted by Gasteiger charge is -2.09. The van der Waals surface area contributed by atoms with Crippen molar-refractivity contribution >= 4 is 21.4 Å². The summed E-state index contributed by atoms with van der Waals surface area (Å²) in [5, 5.41) is 0. The molecule has 2 rings (SSSR count). The summed E-state index contributed by atoms with van der Waals surface area (Å²) in [6, 6.07) is 9.89. The molecule has 6 heteroatoms. The van der Waals surface area contributed by atoms with Gasteiger partial charge in [0.15, 0.2) is 0 Å². The van der Waals surface area contributed by atoms with E-state index in [1.54, 1.807) is 12.1 Å². The van der Waals surface area contributed by atoms with Gasteiger partial charge in [0.1, 0.15) is 5.82 Å². The van der Waals surface area contributed by atoms with E-state index in [0.717, 1.165) is 17.7 Å². The van der Waals surface area contributed by atoms with Gasteiger partial charge >= 0.3 is 0 Å². The molecule has 0 unspecified atom stereocenters. The Hall–Kier alpha value is -2.08. The molecule has 0 radical (unpaired) electrons. The van der Waals surface area contributed by atoms with Gasteiger partial charge in [0.2, 0.25) is 0 Å². The van der Waals surface area contributed by atoms with Gasteiger partial charge in [-0.3, -0.25) is 4.72 Å². The molecule has 3 N–H and O–H groups in total. The molecule has 0 aliphatic heterocycles. The Morgan fingerprint density at radius 3 is 2.32 bits per heavy atom. The lowest BCUT2D eigenvalue weighted by molar-refractivity contribution is 0.601. The molecule has 4 nitrogen and oxygen atoms in total. The van der Waals surface area contributed by atoms with Crippen LogP contribution in [0.3, 0.4) is 0 Å². The van der Waals surface area contributed by atoms with Gasteiger partial charge in [-0.1, -0.05) is 17.7 Å². The first-order chi connectivity index (χ1) is 8.87. The van der Waals surface area contributed by atoms with E-state index in [4.69, 9.17) is 5.73 Å². The first kappa shape index (κ1) is 13.4. The van der Waals surface area contributed by atoms with E-state index in [9.17, 15) is 12.8 Å². The second-order valence-corrected chi connectivity index (χ2v) is 5.87. The van der Waals surface area contributed by atoms with Gasteiger partial charge in [-0.15, -0.1) is 0 Å². The summed E-state index contributed by atoms with van der Waals surface area (Å²) < 4.78 is 39.6. The zero-order valence-corrected chi connectivity index (χ0v) is 11.0. The van der Waals surface area contributed by atoms with E-state index in [0.29, 0.717) is 0 Å². The van der Waals surface area contributed by atoms with Crippen LogP contribution in [0.15, 0.2) is 47.4 Å². The lowest BCUT2D eigenvalue weighted by atomic mass is 10.2. The van der Waals surface area contributed by atoms with Crippen LogP contribution < -0.4 is 10.5 Å². The number of anilines is 2. The van der Waals surface area contributed by atoms with Gasteiger partial charge in [0.05, 0.1) is 10.6 Å². The predicted molar refractivity (Wildman–Crippen MR) is 72.8 cm³/mol. The van der Waals surface area contributed by atoms with Crippen LogP contribution in [0, 0.1) is 12.7 Å². The highest BCUT2D eigenvalue weighted by molar-refractivity contribution is 7.92. The molecule has 0 heterocycles. The topological polar surface area (TPSA) is 72.2 Å². The highest BCUT2D eigenvalue weighted by Gasteiger charge is 2.14. The average molecular weight is 280 g/mol. The molecule has 0 aromatic heterocycles. The maximum absolute atomic E-state index is 13.1. The largest absolute Gasteiger partial charge is 0.399 e. The first-order valence-corrected chi connectivity index (χ1v) is 7.01. The number of rotatable bonds is 3. The van der Waals surface area contributed by atoms with Crippen molar-refractivity contribution in [3.05, 3.63) is 53.8 Å². The number of hydrogen-bond acceptors (Lipinski definition) is 3. The second kappa shape index (κ2) is 4.89. The van der Waals surface area contributed by atoms with E-state index in [2.05, 4.69) is 4.72 Å². The van der Waals surface area contributed by atoms with Crippen molar-refractivity contribution in [3.8, 4) is 0 Å². The normalized spacial score (nSPS) is 11.3. The maximum atomic E-state index is 13.1. The fourth-order valence-electron chi connectivity index (χ4n) is 1.60. The number of nitrogens with one attached hydrogen (secondary N) is 1. The summed E-state index contributed by atoms with van der Waals surface area (Å²) in [4.78, 5) is 0.112.